The topological polar surface area (TPSA) is 20.3 Å². The minimum atomic E-state index is 0.330. The Morgan fingerprint density at radius 3 is 2.52 bits per heavy atom. The van der Waals surface area contributed by atoms with E-state index in [1.807, 2.05) is 0 Å². The van der Waals surface area contributed by atoms with Gasteiger partial charge < -0.3 is 0 Å². The van der Waals surface area contributed by atoms with Crippen LogP contribution in [-0.4, -0.2) is 29.8 Å². The standard InChI is InChI=1S/C19H35NO/c1-4-16-9-10-19(21)17(13-16)14-20(12-11-15(2)3)18-7-5-6-8-18/h15-18H,4-14H2,1-3H3. The molecule has 0 aromatic carbocycles. The van der Waals surface area contributed by atoms with Crippen molar-refractivity contribution in [1.29, 1.82) is 0 Å². The van der Waals surface area contributed by atoms with Crippen molar-refractivity contribution in [3.8, 4) is 0 Å². The summed E-state index contributed by atoms with van der Waals surface area (Å²) in [6.45, 7) is 9.15. The van der Waals surface area contributed by atoms with Gasteiger partial charge in [0.1, 0.15) is 5.78 Å². The third-order valence-electron chi connectivity index (χ3n) is 5.74. The van der Waals surface area contributed by atoms with Crippen molar-refractivity contribution in [3.63, 3.8) is 0 Å². The van der Waals surface area contributed by atoms with Crippen molar-refractivity contribution < 1.29 is 4.79 Å². The van der Waals surface area contributed by atoms with Gasteiger partial charge in [-0.15, -0.1) is 0 Å². The van der Waals surface area contributed by atoms with Crippen molar-refractivity contribution >= 4 is 5.78 Å². The summed E-state index contributed by atoms with van der Waals surface area (Å²) in [4.78, 5) is 15.0. The average Bonchev–Trinajstić information content (AvgIpc) is 2.99. The smallest absolute Gasteiger partial charge is 0.137 e. The van der Waals surface area contributed by atoms with Crippen molar-refractivity contribution in [2.45, 2.75) is 84.6 Å². The van der Waals surface area contributed by atoms with Crippen molar-refractivity contribution in [2.24, 2.45) is 17.8 Å². The first-order chi connectivity index (χ1) is 10.1. The molecule has 0 spiro atoms. The molecule has 0 bridgehead atoms. The van der Waals surface area contributed by atoms with Gasteiger partial charge in [-0.3, -0.25) is 9.69 Å². The normalized spacial score (nSPS) is 28.0. The van der Waals surface area contributed by atoms with Gasteiger partial charge in [0, 0.05) is 24.9 Å². The third-order valence-corrected chi connectivity index (χ3v) is 5.74. The molecule has 122 valence electrons. The number of carbonyl (C=O) groups is 1. The number of carbonyl (C=O) groups excluding carboxylic acids is 1. The van der Waals surface area contributed by atoms with Gasteiger partial charge >= 0.3 is 0 Å². The Balaban J connectivity index is 1.93. The Morgan fingerprint density at radius 2 is 1.90 bits per heavy atom. The quantitative estimate of drug-likeness (QED) is 0.679. The summed E-state index contributed by atoms with van der Waals surface area (Å²) >= 11 is 0. The Labute approximate surface area is 131 Å². The van der Waals surface area contributed by atoms with E-state index in [-0.39, 0.29) is 0 Å². The SMILES string of the molecule is CCC1CCC(=O)C(CN(CCC(C)C)C2CCCC2)C1. The van der Waals surface area contributed by atoms with Crippen molar-refractivity contribution in [3.05, 3.63) is 0 Å². The van der Waals surface area contributed by atoms with Gasteiger partial charge in [-0.25, -0.2) is 0 Å². The van der Waals surface area contributed by atoms with Crippen molar-refractivity contribution in [1.82, 2.24) is 4.90 Å². The second-order valence-corrected chi connectivity index (χ2v) is 7.83. The van der Waals surface area contributed by atoms with E-state index in [4.69, 9.17) is 0 Å². The predicted molar refractivity (Wildman–Crippen MR) is 89.4 cm³/mol. The summed E-state index contributed by atoms with van der Waals surface area (Å²) in [5.74, 6) is 2.44. The van der Waals surface area contributed by atoms with Crippen LogP contribution in [-0.2, 0) is 4.79 Å². The van der Waals surface area contributed by atoms with Crippen LogP contribution in [0.2, 0.25) is 0 Å². The largest absolute Gasteiger partial charge is 0.300 e. The second kappa shape index (κ2) is 8.31. The van der Waals surface area contributed by atoms with E-state index in [9.17, 15) is 4.79 Å². The lowest BCUT2D eigenvalue weighted by atomic mass is 9.79. The Kier molecular flexibility index (Phi) is 6.73. The molecular weight excluding hydrogens is 258 g/mol. The van der Waals surface area contributed by atoms with Gasteiger partial charge in [-0.05, 0) is 50.5 Å². The molecule has 21 heavy (non-hydrogen) atoms. The fourth-order valence-corrected chi connectivity index (χ4v) is 4.15. The molecular formula is C19H35NO. The van der Waals surface area contributed by atoms with Gasteiger partial charge in [-0.1, -0.05) is 40.0 Å². The molecule has 0 saturated heterocycles. The average molecular weight is 293 g/mol. The van der Waals surface area contributed by atoms with Crippen molar-refractivity contribution in [2.75, 3.05) is 13.1 Å². The summed E-state index contributed by atoms with van der Waals surface area (Å²) < 4.78 is 0. The van der Waals surface area contributed by atoms with Crippen LogP contribution in [0.15, 0.2) is 0 Å². The molecule has 2 atom stereocenters. The van der Waals surface area contributed by atoms with E-state index in [0.29, 0.717) is 11.7 Å². The molecule has 2 fully saturated rings. The molecule has 0 aromatic heterocycles. The van der Waals surface area contributed by atoms with Crippen LogP contribution in [0.25, 0.3) is 0 Å². The molecule has 2 aliphatic carbocycles. The van der Waals surface area contributed by atoms with Gasteiger partial charge in [0.2, 0.25) is 0 Å². The zero-order valence-electron chi connectivity index (χ0n) is 14.4. The lowest BCUT2D eigenvalue weighted by molar-refractivity contribution is -0.126. The monoisotopic (exact) mass is 293 g/mol. The first-order valence-corrected chi connectivity index (χ1v) is 9.36. The molecule has 2 unspecified atom stereocenters. The third kappa shape index (κ3) is 5.09. The van der Waals surface area contributed by atoms with Crippen LogP contribution in [0.4, 0.5) is 0 Å². The zero-order valence-corrected chi connectivity index (χ0v) is 14.4. The fraction of sp³-hybridized carbons (Fsp3) is 0.947. The Morgan fingerprint density at radius 1 is 1.19 bits per heavy atom. The van der Waals surface area contributed by atoms with E-state index in [0.717, 1.165) is 43.7 Å². The number of rotatable bonds is 7. The zero-order chi connectivity index (χ0) is 15.2. The maximum atomic E-state index is 12.3. The summed E-state index contributed by atoms with van der Waals surface area (Å²) in [7, 11) is 0. The van der Waals surface area contributed by atoms with Crippen LogP contribution in [0.1, 0.15) is 78.6 Å². The molecule has 2 aliphatic rings. The summed E-state index contributed by atoms with van der Waals surface area (Å²) in [6, 6.07) is 0.763. The van der Waals surface area contributed by atoms with Crippen LogP contribution < -0.4 is 0 Å². The fourth-order valence-electron chi connectivity index (χ4n) is 4.15. The van der Waals surface area contributed by atoms with Crippen LogP contribution in [0.3, 0.4) is 0 Å². The summed E-state index contributed by atoms with van der Waals surface area (Å²) in [5.41, 5.74) is 0. The molecule has 0 aliphatic heterocycles. The Bertz CT molecular complexity index is 320. The highest BCUT2D eigenvalue weighted by Crippen LogP contribution is 2.31. The van der Waals surface area contributed by atoms with E-state index < -0.39 is 0 Å². The van der Waals surface area contributed by atoms with Crippen LogP contribution in [0, 0.1) is 17.8 Å². The van der Waals surface area contributed by atoms with E-state index in [1.165, 1.54) is 45.1 Å². The predicted octanol–water partition coefficient (Wildman–Crippen LogP) is 4.67. The second-order valence-electron chi connectivity index (χ2n) is 7.83. The highest BCUT2D eigenvalue weighted by Gasteiger charge is 2.32. The summed E-state index contributed by atoms with van der Waals surface area (Å²) in [5, 5.41) is 0. The molecule has 0 N–H and O–H groups in total. The molecule has 2 nitrogen and oxygen atoms in total. The maximum absolute atomic E-state index is 12.3. The van der Waals surface area contributed by atoms with E-state index in [1.54, 1.807) is 0 Å². The Hall–Kier alpha value is -0.370. The lowest BCUT2D eigenvalue weighted by Crippen LogP contribution is -2.42. The first kappa shape index (κ1) is 17.0. The van der Waals surface area contributed by atoms with Gasteiger partial charge in [0.05, 0.1) is 0 Å². The molecule has 0 amide bonds. The lowest BCUT2D eigenvalue weighted by Gasteiger charge is -2.35. The first-order valence-electron chi connectivity index (χ1n) is 9.36. The molecule has 2 rings (SSSR count). The maximum Gasteiger partial charge on any atom is 0.137 e. The number of Topliss-reactive ketones (excluding diaryl/α,β-unsaturated/α-hetero) is 1. The van der Waals surface area contributed by atoms with Gasteiger partial charge in [0.15, 0.2) is 0 Å². The summed E-state index contributed by atoms with van der Waals surface area (Å²) in [6.07, 6.45) is 11.1. The molecule has 0 radical (unpaired) electrons. The number of nitrogens with zero attached hydrogens (tertiary/aromatic N) is 1. The highest BCUT2D eigenvalue weighted by atomic mass is 16.1. The number of hydrogen-bond donors (Lipinski definition) is 0. The van der Waals surface area contributed by atoms with E-state index in [2.05, 4.69) is 25.7 Å². The minimum absolute atomic E-state index is 0.330. The highest BCUT2D eigenvalue weighted by molar-refractivity contribution is 5.81. The van der Waals surface area contributed by atoms with Gasteiger partial charge in [-0.2, -0.15) is 0 Å². The van der Waals surface area contributed by atoms with Gasteiger partial charge in [0.25, 0.3) is 0 Å². The molecule has 2 heteroatoms. The van der Waals surface area contributed by atoms with Crippen LogP contribution in [0.5, 0.6) is 0 Å². The van der Waals surface area contributed by atoms with Crippen LogP contribution >= 0.6 is 0 Å². The molecule has 0 aromatic rings. The number of hydrogen-bond acceptors (Lipinski definition) is 2. The van der Waals surface area contributed by atoms with E-state index >= 15 is 0 Å². The molecule has 2 saturated carbocycles. The number of ketones is 1. The minimum Gasteiger partial charge on any atom is -0.300 e. The molecule has 0 heterocycles.